The van der Waals surface area contributed by atoms with Crippen LogP contribution in [0, 0.1) is 0 Å². The molecule has 0 N–H and O–H groups in total. The molecule has 0 bridgehead atoms. The first-order valence-electron chi connectivity index (χ1n) is 8.46. The van der Waals surface area contributed by atoms with Crippen molar-refractivity contribution < 1.29 is 0 Å². The molecule has 0 saturated carbocycles. The summed E-state index contributed by atoms with van der Waals surface area (Å²) in [5, 5.41) is 5.13. The first kappa shape index (κ1) is 17.5. The lowest BCUT2D eigenvalue weighted by Crippen LogP contribution is -1.90. The quantitative estimate of drug-likeness (QED) is 0.205. The van der Waals surface area contributed by atoms with E-state index in [1.54, 1.807) is 17.7 Å². The number of nitrogens with zero attached hydrogens (tertiary/aromatic N) is 2. The molecule has 2 heterocycles. The van der Waals surface area contributed by atoms with Crippen molar-refractivity contribution in [3.8, 4) is 11.1 Å². The highest BCUT2D eigenvalue weighted by Crippen LogP contribution is 2.38. The summed E-state index contributed by atoms with van der Waals surface area (Å²) in [4.78, 5) is 10.0. The summed E-state index contributed by atoms with van der Waals surface area (Å²) in [6.45, 7) is 0. The fraction of sp³-hybridized carbons (Fsp3) is 0.143. The molecule has 26 heavy (non-hydrogen) atoms. The van der Waals surface area contributed by atoms with Gasteiger partial charge in [0, 0.05) is 16.0 Å². The molecule has 0 aliphatic rings. The van der Waals surface area contributed by atoms with Crippen molar-refractivity contribution in [3.05, 3.63) is 76.9 Å². The normalized spacial score (nSPS) is 11.1. The second kappa shape index (κ2) is 8.21. The molecule has 0 aliphatic carbocycles. The number of hydrogen-bond donors (Lipinski definition) is 0. The van der Waals surface area contributed by atoms with E-state index in [2.05, 4.69) is 57.8 Å². The minimum absolute atomic E-state index is 0.750. The zero-order valence-electron chi connectivity index (χ0n) is 14.1. The molecule has 0 radical (unpaired) electrons. The zero-order valence-corrected chi connectivity index (χ0v) is 16.4. The second-order valence-corrected chi connectivity index (χ2v) is 8.33. The molecule has 4 aromatic rings. The Labute approximate surface area is 166 Å². The van der Waals surface area contributed by atoms with E-state index in [0.29, 0.717) is 0 Å². The van der Waals surface area contributed by atoms with Crippen molar-refractivity contribution in [2.24, 2.45) is 0 Å². The summed E-state index contributed by atoms with van der Waals surface area (Å²) in [5.41, 5.74) is 3.73. The fourth-order valence-corrected chi connectivity index (χ4v) is 4.95. The fourth-order valence-electron chi connectivity index (χ4n) is 2.89. The van der Waals surface area contributed by atoms with Crippen LogP contribution in [0.15, 0.2) is 71.3 Å². The minimum atomic E-state index is 0.750. The van der Waals surface area contributed by atoms with E-state index in [1.807, 2.05) is 23.9 Å². The molecule has 2 aromatic heterocycles. The Morgan fingerprint density at radius 1 is 0.962 bits per heavy atom. The Kier molecular flexibility index (Phi) is 5.54. The maximum Gasteiger partial charge on any atom is 0.128 e. The van der Waals surface area contributed by atoms with Gasteiger partial charge in [0.25, 0.3) is 0 Å². The number of thiophene rings is 1. The molecule has 2 nitrogen and oxygen atoms in total. The molecule has 0 fully saturated rings. The van der Waals surface area contributed by atoms with Crippen LogP contribution in [-0.2, 0) is 6.42 Å². The van der Waals surface area contributed by atoms with Gasteiger partial charge in [0.15, 0.2) is 0 Å². The Bertz CT molecular complexity index is 998. The summed E-state index contributed by atoms with van der Waals surface area (Å²) in [5.74, 6) is 1.04. The Morgan fingerprint density at radius 2 is 1.77 bits per heavy atom. The van der Waals surface area contributed by atoms with Crippen molar-refractivity contribution in [2.45, 2.75) is 17.9 Å². The third kappa shape index (κ3) is 3.93. The smallest absolute Gasteiger partial charge is 0.128 e. The van der Waals surface area contributed by atoms with Crippen molar-refractivity contribution in [1.82, 2.24) is 9.97 Å². The van der Waals surface area contributed by atoms with Crippen LogP contribution in [-0.4, -0.2) is 15.7 Å². The summed E-state index contributed by atoms with van der Waals surface area (Å²) >= 11 is 9.51. The van der Waals surface area contributed by atoms with Gasteiger partial charge in [-0.2, -0.15) is 0 Å². The first-order chi connectivity index (χ1) is 12.8. The molecule has 4 rings (SSSR count). The summed E-state index contributed by atoms with van der Waals surface area (Å²) < 4.78 is 0. The molecule has 0 atom stereocenters. The molecule has 0 aliphatic heterocycles. The molecule has 2 aromatic carbocycles. The number of aromatic nitrogens is 2. The first-order valence-corrected chi connectivity index (χ1v) is 10.7. The van der Waals surface area contributed by atoms with Crippen molar-refractivity contribution in [1.29, 1.82) is 0 Å². The largest absolute Gasteiger partial charge is 0.229 e. The monoisotopic (exact) mass is 396 g/mol. The van der Waals surface area contributed by atoms with E-state index < -0.39 is 0 Å². The van der Waals surface area contributed by atoms with Gasteiger partial charge in [-0.05, 0) is 41.9 Å². The Balaban J connectivity index is 1.53. The van der Waals surface area contributed by atoms with Gasteiger partial charge in [0.05, 0.1) is 5.39 Å². The zero-order chi connectivity index (χ0) is 17.8. The number of rotatable bonds is 6. The number of benzene rings is 2. The summed E-state index contributed by atoms with van der Waals surface area (Å²) in [6.07, 6.45) is 3.89. The summed E-state index contributed by atoms with van der Waals surface area (Å²) in [6, 6.07) is 18.6. The molecule has 0 spiro atoms. The van der Waals surface area contributed by atoms with Crippen LogP contribution in [0.25, 0.3) is 21.3 Å². The van der Waals surface area contributed by atoms with Crippen LogP contribution in [0.1, 0.15) is 12.0 Å². The van der Waals surface area contributed by atoms with Gasteiger partial charge in [-0.25, -0.2) is 9.97 Å². The van der Waals surface area contributed by atoms with E-state index in [9.17, 15) is 0 Å². The number of halogens is 1. The predicted molar refractivity (Wildman–Crippen MR) is 113 cm³/mol. The van der Waals surface area contributed by atoms with Crippen molar-refractivity contribution in [2.75, 3.05) is 5.75 Å². The third-order valence-electron chi connectivity index (χ3n) is 4.18. The highest BCUT2D eigenvalue weighted by atomic mass is 35.5. The average molecular weight is 397 g/mol. The van der Waals surface area contributed by atoms with E-state index in [1.165, 1.54) is 11.1 Å². The highest BCUT2D eigenvalue weighted by Gasteiger charge is 2.13. The molecular weight excluding hydrogens is 380 g/mol. The van der Waals surface area contributed by atoms with Gasteiger partial charge in [-0.1, -0.05) is 54.1 Å². The lowest BCUT2D eigenvalue weighted by molar-refractivity contribution is 0.931. The molecule has 130 valence electrons. The number of hydrogen-bond acceptors (Lipinski definition) is 4. The summed E-state index contributed by atoms with van der Waals surface area (Å²) in [7, 11) is 0. The van der Waals surface area contributed by atoms with Crippen LogP contribution < -0.4 is 0 Å². The Morgan fingerprint density at radius 3 is 2.58 bits per heavy atom. The molecule has 0 unspecified atom stereocenters. The van der Waals surface area contributed by atoms with Gasteiger partial charge in [0.2, 0.25) is 0 Å². The van der Waals surface area contributed by atoms with Crippen molar-refractivity contribution >= 4 is 44.9 Å². The standard InChI is InChI=1S/C21H17ClN2S2/c22-17-10-8-16(9-11-17)18-13-26-21-19(18)20(23-14-24-21)25-12-4-7-15-5-2-1-3-6-15/h1-3,5-6,8-11,13-14H,4,7,12H2. The van der Waals surface area contributed by atoms with E-state index >= 15 is 0 Å². The van der Waals surface area contributed by atoms with E-state index in [0.717, 1.165) is 44.4 Å². The highest BCUT2D eigenvalue weighted by molar-refractivity contribution is 7.99. The van der Waals surface area contributed by atoms with Crippen LogP contribution in [0.5, 0.6) is 0 Å². The van der Waals surface area contributed by atoms with Gasteiger partial charge in [-0.15, -0.1) is 23.1 Å². The van der Waals surface area contributed by atoms with Gasteiger partial charge >= 0.3 is 0 Å². The number of thioether (sulfide) groups is 1. The molecular formula is C21H17ClN2S2. The van der Waals surface area contributed by atoms with Gasteiger partial charge in [0.1, 0.15) is 16.2 Å². The van der Waals surface area contributed by atoms with Gasteiger partial charge in [-0.3, -0.25) is 0 Å². The topological polar surface area (TPSA) is 25.8 Å². The number of fused-ring (bicyclic) bond motifs is 1. The predicted octanol–water partition coefficient (Wildman–Crippen LogP) is 6.74. The average Bonchev–Trinajstić information content (AvgIpc) is 3.12. The van der Waals surface area contributed by atoms with Gasteiger partial charge < -0.3 is 0 Å². The second-order valence-electron chi connectivity index (χ2n) is 5.95. The molecule has 5 heteroatoms. The molecule has 0 amide bonds. The molecule has 0 saturated heterocycles. The van der Waals surface area contributed by atoms with Crippen LogP contribution in [0.4, 0.5) is 0 Å². The lowest BCUT2D eigenvalue weighted by atomic mass is 10.1. The lowest BCUT2D eigenvalue weighted by Gasteiger charge is -2.06. The minimum Gasteiger partial charge on any atom is -0.229 e. The van der Waals surface area contributed by atoms with Crippen molar-refractivity contribution in [3.63, 3.8) is 0 Å². The SMILES string of the molecule is Clc1ccc(-c2csc3ncnc(SCCCc4ccccc4)c23)cc1. The number of aryl methyl sites for hydroxylation is 1. The van der Waals surface area contributed by atoms with Crippen LogP contribution >= 0.6 is 34.7 Å². The maximum absolute atomic E-state index is 6.03. The van der Waals surface area contributed by atoms with E-state index in [4.69, 9.17) is 11.6 Å². The van der Waals surface area contributed by atoms with E-state index in [-0.39, 0.29) is 0 Å². The third-order valence-corrected chi connectivity index (χ3v) is 6.40. The van der Waals surface area contributed by atoms with Crippen LogP contribution in [0.2, 0.25) is 5.02 Å². The van der Waals surface area contributed by atoms with Crippen LogP contribution in [0.3, 0.4) is 0 Å². The Hall–Kier alpha value is -1.88. The maximum atomic E-state index is 6.03.